The summed E-state index contributed by atoms with van der Waals surface area (Å²) < 4.78 is 0. The highest BCUT2D eigenvalue weighted by atomic mass is 15.2. The van der Waals surface area contributed by atoms with Crippen molar-refractivity contribution in [3.8, 4) is 0 Å². The lowest BCUT2D eigenvalue weighted by molar-refractivity contribution is 0.585. The molecule has 4 nitrogen and oxygen atoms in total. The molecule has 0 aliphatic heterocycles. The predicted molar refractivity (Wildman–Crippen MR) is 64.0 cm³/mol. The second-order valence-corrected chi connectivity index (χ2v) is 3.82. The van der Waals surface area contributed by atoms with E-state index in [4.69, 9.17) is 5.73 Å². The molecule has 0 saturated carbocycles. The van der Waals surface area contributed by atoms with Gasteiger partial charge in [-0.1, -0.05) is 13.8 Å². The molecule has 15 heavy (non-hydrogen) atoms. The molecule has 0 bridgehead atoms. The number of hydrogen-bond acceptors (Lipinski definition) is 4. The zero-order valence-corrected chi connectivity index (χ0v) is 9.99. The summed E-state index contributed by atoms with van der Waals surface area (Å²) in [7, 11) is 2.06. The fraction of sp³-hybridized carbons (Fsp3) is 0.636. The lowest BCUT2D eigenvalue weighted by Gasteiger charge is -2.28. The Kier molecular flexibility index (Phi) is 3.88. The first-order chi connectivity index (χ1) is 7.10. The van der Waals surface area contributed by atoms with Crippen LogP contribution in [0.5, 0.6) is 0 Å². The quantitative estimate of drug-likeness (QED) is 0.822. The van der Waals surface area contributed by atoms with Gasteiger partial charge in [-0.2, -0.15) is 4.98 Å². The fourth-order valence-electron chi connectivity index (χ4n) is 1.81. The minimum atomic E-state index is 0.341. The summed E-state index contributed by atoms with van der Waals surface area (Å²) in [6, 6.07) is 0.512. The first-order valence-corrected chi connectivity index (χ1v) is 5.42. The highest BCUT2D eigenvalue weighted by Crippen LogP contribution is 2.20. The Balaban J connectivity index is 2.98. The number of nitrogens with zero attached hydrogens (tertiary/aromatic N) is 3. The summed E-state index contributed by atoms with van der Waals surface area (Å²) in [5, 5.41) is 0. The van der Waals surface area contributed by atoms with Crippen molar-refractivity contribution >= 4 is 11.8 Å². The van der Waals surface area contributed by atoms with Gasteiger partial charge in [0.1, 0.15) is 5.82 Å². The average molecular weight is 208 g/mol. The summed E-state index contributed by atoms with van der Waals surface area (Å²) in [5.41, 5.74) is 6.67. The van der Waals surface area contributed by atoms with Crippen LogP contribution in [0.15, 0.2) is 6.20 Å². The lowest BCUT2D eigenvalue weighted by Crippen LogP contribution is -2.31. The van der Waals surface area contributed by atoms with E-state index >= 15 is 0 Å². The van der Waals surface area contributed by atoms with Crippen molar-refractivity contribution in [2.45, 2.75) is 39.7 Å². The molecule has 1 aromatic heterocycles. The van der Waals surface area contributed by atoms with Crippen LogP contribution < -0.4 is 10.6 Å². The Morgan fingerprint density at radius 3 is 2.53 bits per heavy atom. The Morgan fingerprint density at radius 2 is 2.00 bits per heavy atom. The van der Waals surface area contributed by atoms with Crippen molar-refractivity contribution in [2.24, 2.45) is 0 Å². The standard InChI is InChI=1S/C11H20N4/c1-5-9(6-2)15(4)10-8(3)7-13-11(12)14-10/h7,9H,5-6H2,1-4H3,(H2,12,13,14). The summed E-state index contributed by atoms with van der Waals surface area (Å²) in [6.45, 7) is 6.38. The number of nitrogen functional groups attached to an aromatic ring is 1. The van der Waals surface area contributed by atoms with Crippen LogP contribution in [0.3, 0.4) is 0 Å². The Bertz CT molecular complexity index is 320. The summed E-state index contributed by atoms with van der Waals surface area (Å²) in [6.07, 6.45) is 3.99. The van der Waals surface area contributed by atoms with Gasteiger partial charge in [-0.25, -0.2) is 4.98 Å². The molecule has 0 atom stereocenters. The highest BCUT2D eigenvalue weighted by molar-refractivity contribution is 5.48. The second kappa shape index (κ2) is 4.96. The van der Waals surface area contributed by atoms with Gasteiger partial charge >= 0.3 is 0 Å². The van der Waals surface area contributed by atoms with Crippen LogP contribution in [-0.2, 0) is 0 Å². The van der Waals surface area contributed by atoms with E-state index in [2.05, 4.69) is 35.8 Å². The van der Waals surface area contributed by atoms with Gasteiger partial charge < -0.3 is 10.6 Å². The molecule has 1 aromatic rings. The molecule has 1 rings (SSSR count). The van der Waals surface area contributed by atoms with Crippen LogP contribution in [0, 0.1) is 6.92 Å². The summed E-state index contributed by atoms with van der Waals surface area (Å²) >= 11 is 0. The molecular formula is C11H20N4. The number of aryl methyl sites for hydroxylation is 1. The SMILES string of the molecule is CCC(CC)N(C)c1nc(N)ncc1C. The van der Waals surface area contributed by atoms with Crippen molar-refractivity contribution < 1.29 is 0 Å². The molecular weight excluding hydrogens is 188 g/mol. The van der Waals surface area contributed by atoms with E-state index < -0.39 is 0 Å². The molecule has 0 spiro atoms. The normalized spacial score (nSPS) is 10.7. The maximum absolute atomic E-state index is 5.60. The molecule has 0 unspecified atom stereocenters. The Hall–Kier alpha value is -1.32. The average Bonchev–Trinajstić information content (AvgIpc) is 2.23. The second-order valence-electron chi connectivity index (χ2n) is 3.82. The topological polar surface area (TPSA) is 55.0 Å². The largest absolute Gasteiger partial charge is 0.368 e. The van der Waals surface area contributed by atoms with Crippen LogP contribution in [-0.4, -0.2) is 23.1 Å². The number of nitrogens with two attached hydrogens (primary N) is 1. The van der Waals surface area contributed by atoms with Crippen molar-refractivity contribution in [1.82, 2.24) is 9.97 Å². The maximum atomic E-state index is 5.60. The van der Waals surface area contributed by atoms with Gasteiger partial charge in [-0.3, -0.25) is 0 Å². The van der Waals surface area contributed by atoms with Crippen LogP contribution in [0.25, 0.3) is 0 Å². The van der Waals surface area contributed by atoms with Gasteiger partial charge in [-0.05, 0) is 19.8 Å². The third kappa shape index (κ3) is 2.58. The smallest absolute Gasteiger partial charge is 0.221 e. The zero-order valence-electron chi connectivity index (χ0n) is 9.99. The number of hydrogen-bond donors (Lipinski definition) is 1. The third-order valence-electron chi connectivity index (χ3n) is 2.79. The zero-order chi connectivity index (χ0) is 11.4. The van der Waals surface area contributed by atoms with E-state index in [0.717, 1.165) is 24.2 Å². The van der Waals surface area contributed by atoms with Gasteiger partial charge in [0, 0.05) is 24.8 Å². The molecule has 84 valence electrons. The molecule has 0 saturated heterocycles. The van der Waals surface area contributed by atoms with Crippen molar-refractivity contribution in [3.05, 3.63) is 11.8 Å². The Morgan fingerprint density at radius 1 is 1.40 bits per heavy atom. The van der Waals surface area contributed by atoms with Crippen molar-refractivity contribution in [3.63, 3.8) is 0 Å². The predicted octanol–water partition coefficient (Wildman–Crippen LogP) is 1.99. The lowest BCUT2D eigenvalue weighted by atomic mass is 10.1. The molecule has 2 N–H and O–H groups in total. The monoisotopic (exact) mass is 208 g/mol. The first-order valence-electron chi connectivity index (χ1n) is 5.42. The number of rotatable bonds is 4. The van der Waals surface area contributed by atoms with Crippen LogP contribution in [0.4, 0.5) is 11.8 Å². The number of anilines is 2. The minimum Gasteiger partial charge on any atom is -0.368 e. The van der Waals surface area contributed by atoms with E-state index in [0.29, 0.717) is 12.0 Å². The van der Waals surface area contributed by atoms with E-state index in [1.165, 1.54) is 0 Å². The van der Waals surface area contributed by atoms with E-state index in [9.17, 15) is 0 Å². The molecule has 0 aliphatic rings. The third-order valence-corrected chi connectivity index (χ3v) is 2.79. The molecule has 4 heteroatoms. The van der Waals surface area contributed by atoms with Crippen LogP contribution >= 0.6 is 0 Å². The van der Waals surface area contributed by atoms with Gasteiger partial charge in [0.2, 0.25) is 5.95 Å². The Labute approximate surface area is 91.5 Å². The van der Waals surface area contributed by atoms with Gasteiger partial charge in [0.15, 0.2) is 0 Å². The minimum absolute atomic E-state index is 0.341. The first kappa shape index (κ1) is 11.8. The molecule has 0 fully saturated rings. The number of aromatic nitrogens is 2. The fourth-order valence-corrected chi connectivity index (χ4v) is 1.81. The van der Waals surface area contributed by atoms with Gasteiger partial charge in [0.05, 0.1) is 0 Å². The van der Waals surface area contributed by atoms with E-state index in [-0.39, 0.29) is 0 Å². The highest BCUT2D eigenvalue weighted by Gasteiger charge is 2.14. The molecule has 0 amide bonds. The molecule has 0 radical (unpaired) electrons. The molecule has 0 aliphatic carbocycles. The van der Waals surface area contributed by atoms with Crippen LogP contribution in [0.2, 0.25) is 0 Å². The van der Waals surface area contributed by atoms with Crippen LogP contribution in [0.1, 0.15) is 32.3 Å². The molecule has 1 heterocycles. The van der Waals surface area contributed by atoms with Gasteiger partial charge in [-0.15, -0.1) is 0 Å². The maximum Gasteiger partial charge on any atom is 0.221 e. The van der Waals surface area contributed by atoms with E-state index in [1.807, 2.05) is 6.92 Å². The summed E-state index contributed by atoms with van der Waals surface area (Å²) in [4.78, 5) is 10.4. The van der Waals surface area contributed by atoms with Crippen molar-refractivity contribution in [1.29, 1.82) is 0 Å². The molecule has 0 aromatic carbocycles. The van der Waals surface area contributed by atoms with Crippen molar-refractivity contribution in [2.75, 3.05) is 17.7 Å². The summed E-state index contributed by atoms with van der Waals surface area (Å²) in [5.74, 6) is 1.28. The van der Waals surface area contributed by atoms with Gasteiger partial charge in [0.25, 0.3) is 0 Å². The van der Waals surface area contributed by atoms with E-state index in [1.54, 1.807) is 6.20 Å².